The van der Waals surface area contributed by atoms with Crippen molar-refractivity contribution in [1.82, 2.24) is 9.36 Å². The van der Waals surface area contributed by atoms with Crippen LogP contribution in [-0.4, -0.2) is 28.6 Å². The number of nitrogens with zero attached hydrogens (tertiary/aromatic N) is 3. The Labute approximate surface area is 87.1 Å². The van der Waals surface area contributed by atoms with Crippen LogP contribution in [0.5, 0.6) is 0 Å². The lowest BCUT2D eigenvalue weighted by molar-refractivity contribution is 0.428. The molecule has 78 valence electrons. The summed E-state index contributed by atoms with van der Waals surface area (Å²) in [6, 6.07) is 0.0349. The second-order valence-electron chi connectivity index (χ2n) is 3.49. The molecule has 0 aromatic carbocycles. The van der Waals surface area contributed by atoms with Gasteiger partial charge in [-0.1, -0.05) is 6.92 Å². The number of aryl methyl sites for hydroxylation is 1. The average molecular weight is 215 g/mol. The number of halogens is 1. The number of hydrogen-bond acceptors (Lipinski definition) is 4. The van der Waals surface area contributed by atoms with Crippen molar-refractivity contribution >= 4 is 16.7 Å². The van der Waals surface area contributed by atoms with Gasteiger partial charge in [0.2, 0.25) is 5.13 Å². The monoisotopic (exact) mass is 215 g/mol. The Balaban J connectivity index is 2.13. The molecule has 1 saturated heterocycles. The lowest BCUT2D eigenvalue weighted by Gasteiger charge is -2.20. The zero-order valence-corrected chi connectivity index (χ0v) is 9.06. The van der Waals surface area contributed by atoms with Crippen molar-refractivity contribution < 1.29 is 4.39 Å². The second-order valence-corrected chi connectivity index (χ2v) is 4.22. The summed E-state index contributed by atoms with van der Waals surface area (Å²) in [5, 5.41) is 0.891. The summed E-state index contributed by atoms with van der Waals surface area (Å²) in [6.07, 6.45) is 2.86. The summed E-state index contributed by atoms with van der Waals surface area (Å²) in [5.74, 6) is 0.870. The van der Waals surface area contributed by atoms with Crippen molar-refractivity contribution in [2.75, 3.05) is 18.1 Å². The van der Waals surface area contributed by atoms with Gasteiger partial charge in [-0.15, -0.1) is 0 Å². The Hall–Kier alpha value is -0.710. The van der Waals surface area contributed by atoms with Crippen LogP contribution in [0.15, 0.2) is 0 Å². The second kappa shape index (κ2) is 4.21. The fourth-order valence-electron chi connectivity index (χ4n) is 1.75. The van der Waals surface area contributed by atoms with Gasteiger partial charge in [-0.25, -0.2) is 9.37 Å². The summed E-state index contributed by atoms with van der Waals surface area (Å²) >= 11 is 1.39. The van der Waals surface area contributed by atoms with Gasteiger partial charge in [0.1, 0.15) is 12.5 Å². The number of hydrogen-bond donors (Lipinski definition) is 0. The predicted molar refractivity (Wildman–Crippen MR) is 55.6 cm³/mol. The van der Waals surface area contributed by atoms with E-state index in [1.807, 2.05) is 6.92 Å². The van der Waals surface area contributed by atoms with E-state index in [0.717, 1.165) is 36.8 Å². The molecule has 1 aliphatic rings. The van der Waals surface area contributed by atoms with Crippen LogP contribution in [0.3, 0.4) is 0 Å². The molecule has 0 radical (unpaired) electrons. The Bertz CT molecular complexity index is 302. The van der Waals surface area contributed by atoms with Crippen LogP contribution in [0.1, 0.15) is 25.6 Å². The van der Waals surface area contributed by atoms with Gasteiger partial charge in [-0.05, 0) is 12.8 Å². The van der Waals surface area contributed by atoms with Gasteiger partial charge >= 0.3 is 0 Å². The van der Waals surface area contributed by atoms with Crippen molar-refractivity contribution in [2.45, 2.75) is 32.2 Å². The maximum atomic E-state index is 12.6. The standard InChI is InChI=1S/C9H14FN3S/c1-2-8-11-9(14-12-8)13-5-3-4-7(13)6-10/h7H,2-6H2,1H3/t7-/m1/s1. The summed E-state index contributed by atoms with van der Waals surface area (Å²) in [6.45, 7) is 2.68. The molecular formula is C9H14FN3S. The van der Waals surface area contributed by atoms with E-state index >= 15 is 0 Å². The molecule has 0 saturated carbocycles. The first-order valence-corrected chi connectivity index (χ1v) is 5.77. The molecule has 1 fully saturated rings. The third-order valence-electron chi connectivity index (χ3n) is 2.57. The minimum atomic E-state index is -0.277. The molecule has 0 bridgehead atoms. The molecular weight excluding hydrogens is 201 g/mol. The van der Waals surface area contributed by atoms with Crippen LogP contribution < -0.4 is 4.90 Å². The van der Waals surface area contributed by atoms with E-state index < -0.39 is 0 Å². The molecule has 0 N–H and O–H groups in total. The Kier molecular flexibility index (Phi) is 2.96. The highest BCUT2D eigenvalue weighted by atomic mass is 32.1. The van der Waals surface area contributed by atoms with Gasteiger partial charge in [0.05, 0.1) is 6.04 Å². The molecule has 5 heteroatoms. The van der Waals surface area contributed by atoms with E-state index in [4.69, 9.17) is 0 Å². The quantitative estimate of drug-likeness (QED) is 0.772. The molecule has 14 heavy (non-hydrogen) atoms. The van der Waals surface area contributed by atoms with Crippen LogP contribution >= 0.6 is 11.5 Å². The highest BCUT2D eigenvalue weighted by Gasteiger charge is 2.26. The van der Waals surface area contributed by atoms with Crippen LogP contribution in [0.2, 0.25) is 0 Å². The molecule has 2 rings (SSSR count). The summed E-state index contributed by atoms with van der Waals surface area (Å²) in [4.78, 5) is 6.43. The van der Waals surface area contributed by atoms with E-state index in [2.05, 4.69) is 14.3 Å². The van der Waals surface area contributed by atoms with Crippen LogP contribution in [0.25, 0.3) is 0 Å². The fourth-order valence-corrected chi connectivity index (χ4v) is 2.60. The molecule has 0 aliphatic carbocycles. The zero-order valence-electron chi connectivity index (χ0n) is 8.24. The van der Waals surface area contributed by atoms with Crippen LogP contribution in [-0.2, 0) is 6.42 Å². The van der Waals surface area contributed by atoms with E-state index in [-0.39, 0.29) is 12.7 Å². The van der Waals surface area contributed by atoms with Gasteiger partial charge in [0.25, 0.3) is 0 Å². The Morgan fingerprint density at radius 3 is 3.14 bits per heavy atom. The first kappa shape index (κ1) is 9.83. The van der Waals surface area contributed by atoms with Gasteiger partial charge in [0, 0.05) is 24.5 Å². The molecule has 3 nitrogen and oxygen atoms in total. The number of rotatable bonds is 3. The first-order valence-electron chi connectivity index (χ1n) is 5.00. The molecule has 0 amide bonds. The molecule has 2 heterocycles. The zero-order chi connectivity index (χ0) is 9.97. The summed E-state index contributed by atoms with van der Waals surface area (Å²) < 4.78 is 16.9. The first-order chi connectivity index (χ1) is 6.85. The van der Waals surface area contributed by atoms with Crippen molar-refractivity contribution in [2.24, 2.45) is 0 Å². The highest BCUT2D eigenvalue weighted by Crippen LogP contribution is 2.27. The molecule has 0 spiro atoms. The maximum Gasteiger partial charge on any atom is 0.205 e. The topological polar surface area (TPSA) is 29.0 Å². The molecule has 1 aliphatic heterocycles. The Morgan fingerprint density at radius 1 is 1.64 bits per heavy atom. The lowest BCUT2D eigenvalue weighted by Crippen LogP contribution is -2.30. The summed E-state index contributed by atoms with van der Waals surface area (Å²) in [7, 11) is 0. The van der Waals surface area contributed by atoms with E-state index in [1.165, 1.54) is 11.5 Å². The molecule has 1 aromatic rings. The average Bonchev–Trinajstić information content (AvgIpc) is 2.85. The highest BCUT2D eigenvalue weighted by molar-refractivity contribution is 7.09. The van der Waals surface area contributed by atoms with Crippen molar-refractivity contribution in [3.05, 3.63) is 5.82 Å². The van der Waals surface area contributed by atoms with E-state index in [1.54, 1.807) is 0 Å². The predicted octanol–water partition coefficient (Wildman–Crippen LogP) is 2.04. The third-order valence-corrected chi connectivity index (χ3v) is 3.37. The normalized spacial score (nSPS) is 21.9. The van der Waals surface area contributed by atoms with Crippen molar-refractivity contribution in [3.8, 4) is 0 Å². The Morgan fingerprint density at radius 2 is 2.50 bits per heavy atom. The minimum absolute atomic E-state index is 0.0349. The third kappa shape index (κ3) is 1.73. The number of aromatic nitrogens is 2. The number of anilines is 1. The van der Waals surface area contributed by atoms with Gasteiger partial charge < -0.3 is 4.90 Å². The maximum absolute atomic E-state index is 12.6. The molecule has 1 aromatic heterocycles. The minimum Gasteiger partial charge on any atom is -0.341 e. The van der Waals surface area contributed by atoms with Crippen molar-refractivity contribution in [3.63, 3.8) is 0 Å². The lowest BCUT2D eigenvalue weighted by atomic mass is 10.2. The van der Waals surface area contributed by atoms with Crippen molar-refractivity contribution in [1.29, 1.82) is 0 Å². The van der Waals surface area contributed by atoms with E-state index in [9.17, 15) is 4.39 Å². The SMILES string of the molecule is CCc1nsc(N2CCC[C@@H]2CF)n1. The summed E-state index contributed by atoms with van der Waals surface area (Å²) in [5.41, 5.74) is 0. The number of alkyl halides is 1. The fraction of sp³-hybridized carbons (Fsp3) is 0.778. The van der Waals surface area contributed by atoms with Crippen LogP contribution in [0, 0.1) is 0 Å². The molecule has 0 unspecified atom stereocenters. The van der Waals surface area contributed by atoms with Crippen LogP contribution in [0.4, 0.5) is 9.52 Å². The van der Waals surface area contributed by atoms with Gasteiger partial charge in [0.15, 0.2) is 0 Å². The van der Waals surface area contributed by atoms with E-state index in [0.29, 0.717) is 0 Å². The molecule has 1 atom stereocenters. The van der Waals surface area contributed by atoms with Gasteiger partial charge in [-0.2, -0.15) is 4.37 Å². The van der Waals surface area contributed by atoms with Gasteiger partial charge in [-0.3, -0.25) is 0 Å². The smallest absolute Gasteiger partial charge is 0.205 e. The largest absolute Gasteiger partial charge is 0.341 e.